The fourth-order valence-corrected chi connectivity index (χ4v) is 0.749. The van der Waals surface area contributed by atoms with Crippen LogP contribution in [0, 0.1) is 0 Å². The van der Waals surface area contributed by atoms with Crippen molar-refractivity contribution in [2.24, 2.45) is 0 Å². The highest BCUT2D eigenvalue weighted by Gasteiger charge is 1.98. The second kappa shape index (κ2) is 7.76. The first-order valence-electron chi connectivity index (χ1n) is 4.32. The molecule has 0 radical (unpaired) electrons. The van der Waals surface area contributed by atoms with E-state index < -0.39 is 6.10 Å². The summed E-state index contributed by atoms with van der Waals surface area (Å²) in [5, 5.41) is 17.3. The number of esters is 1. The van der Waals surface area contributed by atoms with Crippen LogP contribution in [0.1, 0.15) is 19.8 Å². The number of aliphatic hydroxyl groups excluding tert-OH is 2. The standard InChI is InChI=1S/C9H16O4/c1-2-13-9(12)6-4-3-5-8(11)7-10/h3,5,8,10-11H,2,4,6-7H2,1H3. The lowest BCUT2D eigenvalue weighted by atomic mass is 10.2. The molecule has 1 unspecified atom stereocenters. The van der Waals surface area contributed by atoms with E-state index >= 15 is 0 Å². The Balaban J connectivity index is 3.43. The van der Waals surface area contributed by atoms with E-state index in [9.17, 15) is 4.79 Å². The molecule has 0 saturated heterocycles. The number of carbonyl (C=O) groups is 1. The van der Waals surface area contributed by atoms with Gasteiger partial charge in [0.25, 0.3) is 0 Å². The smallest absolute Gasteiger partial charge is 0.306 e. The molecule has 2 N–H and O–H groups in total. The summed E-state index contributed by atoms with van der Waals surface area (Å²) in [6.07, 6.45) is 3.11. The van der Waals surface area contributed by atoms with Crippen LogP contribution >= 0.6 is 0 Å². The summed E-state index contributed by atoms with van der Waals surface area (Å²) < 4.78 is 4.69. The average molecular weight is 188 g/mol. The molecule has 0 heterocycles. The molecule has 13 heavy (non-hydrogen) atoms. The van der Waals surface area contributed by atoms with Gasteiger partial charge in [-0.2, -0.15) is 0 Å². The van der Waals surface area contributed by atoms with Gasteiger partial charge in [-0.15, -0.1) is 0 Å². The Morgan fingerprint density at radius 3 is 2.85 bits per heavy atom. The summed E-state index contributed by atoms with van der Waals surface area (Å²) in [7, 11) is 0. The van der Waals surface area contributed by atoms with E-state index in [1.807, 2.05) is 0 Å². The maximum Gasteiger partial charge on any atom is 0.306 e. The maximum absolute atomic E-state index is 10.8. The third-order valence-electron chi connectivity index (χ3n) is 1.37. The molecule has 0 rings (SSSR count). The van der Waals surface area contributed by atoms with Crippen molar-refractivity contribution < 1.29 is 19.7 Å². The summed E-state index contributed by atoms with van der Waals surface area (Å²) in [5.74, 6) is -0.245. The van der Waals surface area contributed by atoms with Gasteiger partial charge in [0.15, 0.2) is 0 Å². The molecule has 0 aromatic carbocycles. The summed E-state index contributed by atoms with van der Waals surface area (Å²) >= 11 is 0. The third-order valence-corrected chi connectivity index (χ3v) is 1.37. The van der Waals surface area contributed by atoms with Gasteiger partial charge in [-0.05, 0) is 13.3 Å². The molecule has 0 fully saturated rings. The number of allylic oxidation sites excluding steroid dienone is 1. The van der Waals surface area contributed by atoms with Crippen molar-refractivity contribution in [2.45, 2.75) is 25.9 Å². The normalized spacial score (nSPS) is 13.2. The van der Waals surface area contributed by atoms with Crippen LogP contribution in [0.2, 0.25) is 0 Å². The number of hydrogen-bond donors (Lipinski definition) is 2. The third kappa shape index (κ3) is 7.49. The van der Waals surface area contributed by atoms with Crippen LogP contribution in [-0.2, 0) is 9.53 Å². The Morgan fingerprint density at radius 2 is 2.31 bits per heavy atom. The minimum atomic E-state index is -0.831. The SMILES string of the molecule is CCOC(=O)CCC=CC(O)CO. The van der Waals surface area contributed by atoms with E-state index in [4.69, 9.17) is 14.9 Å². The first kappa shape index (κ1) is 12.1. The molecule has 0 spiro atoms. The molecule has 4 nitrogen and oxygen atoms in total. The minimum absolute atomic E-state index is 0.245. The molecule has 0 amide bonds. The van der Waals surface area contributed by atoms with Crippen molar-refractivity contribution in [3.63, 3.8) is 0 Å². The molecule has 0 aliphatic rings. The molecular formula is C9H16O4. The zero-order valence-corrected chi connectivity index (χ0v) is 7.77. The van der Waals surface area contributed by atoms with Crippen molar-refractivity contribution in [1.82, 2.24) is 0 Å². The highest BCUT2D eigenvalue weighted by molar-refractivity contribution is 5.69. The lowest BCUT2D eigenvalue weighted by Crippen LogP contribution is -2.07. The molecule has 0 bridgehead atoms. The van der Waals surface area contributed by atoms with Crippen LogP contribution in [0.4, 0.5) is 0 Å². The molecular weight excluding hydrogens is 172 g/mol. The van der Waals surface area contributed by atoms with Crippen LogP contribution in [-0.4, -0.2) is 35.5 Å². The maximum atomic E-state index is 10.8. The van der Waals surface area contributed by atoms with Gasteiger partial charge in [0.05, 0.1) is 19.3 Å². The van der Waals surface area contributed by atoms with Gasteiger partial charge < -0.3 is 14.9 Å². The molecule has 0 aliphatic heterocycles. The molecule has 0 aromatic rings. The Bertz CT molecular complexity index is 165. The molecule has 4 heteroatoms. The van der Waals surface area contributed by atoms with Gasteiger partial charge in [0, 0.05) is 6.42 Å². The second-order valence-electron chi connectivity index (χ2n) is 2.52. The quantitative estimate of drug-likeness (QED) is 0.463. The largest absolute Gasteiger partial charge is 0.466 e. The number of rotatable bonds is 6. The van der Waals surface area contributed by atoms with Gasteiger partial charge in [-0.3, -0.25) is 4.79 Å². The second-order valence-corrected chi connectivity index (χ2v) is 2.52. The Morgan fingerprint density at radius 1 is 1.62 bits per heavy atom. The van der Waals surface area contributed by atoms with Crippen LogP contribution in [0.15, 0.2) is 12.2 Å². The van der Waals surface area contributed by atoms with E-state index in [0.717, 1.165) is 0 Å². The fourth-order valence-electron chi connectivity index (χ4n) is 0.749. The average Bonchev–Trinajstić information content (AvgIpc) is 2.12. The number of aliphatic hydroxyl groups is 2. The van der Waals surface area contributed by atoms with Crippen molar-refractivity contribution in [1.29, 1.82) is 0 Å². The molecule has 0 aliphatic carbocycles. The highest BCUT2D eigenvalue weighted by Crippen LogP contribution is 1.95. The van der Waals surface area contributed by atoms with Gasteiger partial charge in [0.2, 0.25) is 0 Å². The lowest BCUT2D eigenvalue weighted by Gasteiger charge is -1.99. The number of ether oxygens (including phenoxy) is 1. The monoisotopic (exact) mass is 188 g/mol. The van der Waals surface area contributed by atoms with Gasteiger partial charge >= 0.3 is 5.97 Å². The van der Waals surface area contributed by atoms with Gasteiger partial charge in [-0.25, -0.2) is 0 Å². The molecule has 0 aromatic heterocycles. The Kier molecular flexibility index (Phi) is 7.24. The summed E-state index contributed by atoms with van der Waals surface area (Å²) in [6, 6.07) is 0. The number of carbonyl (C=O) groups excluding carboxylic acids is 1. The topological polar surface area (TPSA) is 66.8 Å². The van der Waals surface area contributed by atoms with Crippen LogP contribution < -0.4 is 0 Å². The molecule has 76 valence electrons. The highest BCUT2D eigenvalue weighted by atomic mass is 16.5. The van der Waals surface area contributed by atoms with Crippen molar-refractivity contribution in [2.75, 3.05) is 13.2 Å². The van der Waals surface area contributed by atoms with Crippen LogP contribution in [0.5, 0.6) is 0 Å². The fraction of sp³-hybridized carbons (Fsp3) is 0.667. The van der Waals surface area contributed by atoms with E-state index in [1.54, 1.807) is 13.0 Å². The predicted molar refractivity (Wildman–Crippen MR) is 48.1 cm³/mol. The van der Waals surface area contributed by atoms with Gasteiger partial charge in [0.1, 0.15) is 0 Å². The predicted octanol–water partition coefficient (Wildman–Crippen LogP) is 0.239. The molecule has 1 atom stereocenters. The van der Waals surface area contributed by atoms with Gasteiger partial charge in [-0.1, -0.05) is 12.2 Å². The van der Waals surface area contributed by atoms with E-state index in [2.05, 4.69) is 0 Å². The minimum Gasteiger partial charge on any atom is -0.466 e. The van der Waals surface area contributed by atoms with E-state index in [-0.39, 0.29) is 12.6 Å². The first-order chi connectivity index (χ1) is 6.20. The number of hydrogen-bond acceptors (Lipinski definition) is 4. The lowest BCUT2D eigenvalue weighted by molar-refractivity contribution is -0.143. The van der Waals surface area contributed by atoms with Crippen molar-refractivity contribution in [3.05, 3.63) is 12.2 Å². The summed E-state index contributed by atoms with van der Waals surface area (Å²) in [5.41, 5.74) is 0. The van der Waals surface area contributed by atoms with Crippen LogP contribution in [0.25, 0.3) is 0 Å². The van der Waals surface area contributed by atoms with E-state index in [0.29, 0.717) is 19.4 Å². The zero-order chi connectivity index (χ0) is 10.1. The van der Waals surface area contributed by atoms with Crippen LogP contribution in [0.3, 0.4) is 0 Å². The Labute approximate surface area is 77.8 Å². The summed E-state index contributed by atoms with van der Waals surface area (Å²) in [6.45, 7) is 1.85. The first-order valence-corrected chi connectivity index (χ1v) is 4.32. The van der Waals surface area contributed by atoms with Crippen molar-refractivity contribution >= 4 is 5.97 Å². The van der Waals surface area contributed by atoms with E-state index in [1.165, 1.54) is 6.08 Å². The Hall–Kier alpha value is -0.870. The van der Waals surface area contributed by atoms with Crippen molar-refractivity contribution in [3.8, 4) is 0 Å². The zero-order valence-electron chi connectivity index (χ0n) is 7.77. The summed E-state index contributed by atoms with van der Waals surface area (Å²) in [4.78, 5) is 10.8. The molecule has 0 saturated carbocycles.